The van der Waals surface area contributed by atoms with E-state index < -0.39 is 0 Å². The molecule has 0 fully saturated rings. The number of methoxy groups -OCH3 is 1. The summed E-state index contributed by atoms with van der Waals surface area (Å²) in [5, 5.41) is 2.94. The summed E-state index contributed by atoms with van der Waals surface area (Å²) in [6.45, 7) is 2.26. The van der Waals surface area contributed by atoms with Gasteiger partial charge in [0.2, 0.25) is 0 Å². The van der Waals surface area contributed by atoms with Gasteiger partial charge in [0.05, 0.1) is 12.8 Å². The molecule has 1 N–H and O–H groups in total. The summed E-state index contributed by atoms with van der Waals surface area (Å²) in [5.74, 6) is 0.307. The first-order valence-electron chi connectivity index (χ1n) is 8.71. The fourth-order valence-electron chi connectivity index (χ4n) is 3.03. The number of ether oxygens (including phenoxy) is 1. The van der Waals surface area contributed by atoms with E-state index in [1.165, 1.54) is 23.5 Å². The zero-order valence-corrected chi connectivity index (χ0v) is 16.2. The van der Waals surface area contributed by atoms with E-state index in [4.69, 9.17) is 4.74 Å². The predicted molar refractivity (Wildman–Crippen MR) is 107 cm³/mol. The molecule has 0 radical (unpaired) electrons. The minimum absolute atomic E-state index is 0.151. The lowest BCUT2D eigenvalue weighted by molar-refractivity contribution is 0.0954. The number of amides is 1. The van der Waals surface area contributed by atoms with Gasteiger partial charge in [0, 0.05) is 29.6 Å². The zero-order valence-electron chi connectivity index (χ0n) is 15.4. The Bertz CT molecular complexity index is 1150. The topological polar surface area (TPSA) is 55.6 Å². The summed E-state index contributed by atoms with van der Waals surface area (Å²) in [7, 11) is 1.61. The van der Waals surface area contributed by atoms with Crippen molar-refractivity contribution in [3.63, 3.8) is 0 Å². The summed E-state index contributed by atoms with van der Waals surface area (Å²) in [6, 6.07) is 13.8. The summed E-state index contributed by atoms with van der Waals surface area (Å²) in [4.78, 5) is 18.6. The fourth-order valence-corrected chi connectivity index (χ4v) is 4.05. The molecule has 4 rings (SSSR count). The van der Waals surface area contributed by atoms with Crippen molar-refractivity contribution < 1.29 is 13.9 Å². The molecule has 142 valence electrons. The van der Waals surface area contributed by atoms with Crippen LogP contribution in [0.25, 0.3) is 16.2 Å². The maximum atomic E-state index is 13.1. The number of para-hydroxylation sites is 1. The van der Waals surface area contributed by atoms with Gasteiger partial charge in [-0.25, -0.2) is 9.37 Å². The number of fused-ring (bicyclic) bond motifs is 1. The van der Waals surface area contributed by atoms with E-state index in [-0.39, 0.29) is 11.7 Å². The standard InChI is InChI=1S/C21H18FN3O2S/c1-13-19(20(26)23-11-15-5-3-4-6-18(15)27-2)28-21-24-17(12-25(13)21)14-7-9-16(22)10-8-14/h3-10,12H,11H2,1-2H3,(H,23,26). The quantitative estimate of drug-likeness (QED) is 0.543. The Morgan fingerprint density at radius 2 is 1.96 bits per heavy atom. The maximum Gasteiger partial charge on any atom is 0.263 e. The number of thiazole rings is 1. The molecular formula is C21H18FN3O2S. The van der Waals surface area contributed by atoms with Crippen LogP contribution < -0.4 is 10.1 Å². The number of imidazole rings is 1. The number of aryl methyl sites for hydroxylation is 1. The summed E-state index contributed by atoms with van der Waals surface area (Å²) in [5.41, 5.74) is 3.31. The van der Waals surface area contributed by atoms with E-state index in [2.05, 4.69) is 10.3 Å². The van der Waals surface area contributed by atoms with Crippen LogP contribution in [-0.2, 0) is 6.54 Å². The van der Waals surface area contributed by atoms with Crippen LogP contribution in [-0.4, -0.2) is 22.4 Å². The Hall–Kier alpha value is -3.19. The van der Waals surface area contributed by atoms with E-state index >= 15 is 0 Å². The van der Waals surface area contributed by atoms with Gasteiger partial charge in [0.25, 0.3) is 5.91 Å². The number of hydrogen-bond donors (Lipinski definition) is 1. The van der Waals surface area contributed by atoms with E-state index in [1.54, 1.807) is 19.2 Å². The third-order valence-electron chi connectivity index (χ3n) is 4.54. The van der Waals surface area contributed by atoms with Crippen LogP contribution in [0.15, 0.2) is 54.7 Å². The van der Waals surface area contributed by atoms with Crippen molar-refractivity contribution in [2.24, 2.45) is 0 Å². The normalized spacial score (nSPS) is 11.0. The van der Waals surface area contributed by atoms with Gasteiger partial charge in [-0.15, -0.1) is 0 Å². The molecule has 0 spiro atoms. The Morgan fingerprint density at radius 1 is 1.21 bits per heavy atom. The average molecular weight is 395 g/mol. The molecule has 0 aliphatic heterocycles. The average Bonchev–Trinajstić information content (AvgIpc) is 3.26. The van der Waals surface area contributed by atoms with Crippen LogP contribution in [0.2, 0.25) is 0 Å². The smallest absolute Gasteiger partial charge is 0.263 e. The van der Waals surface area contributed by atoms with Gasteiger partial charge in [-0.2, -0.15) is 0 Å². The highest BCUT2D eigenvalue weighted by Crippen LogP contribution is 2.27. The first-order chi connectivity index (χ1) is 13.6. The number of hydrogen-bond acceptors (Lipinski definition) is 4. The van der Waals surface area contributed by atoms with Gasteiger partial charge in [-0.1, -0.05) is 29.5 Å². The minimum atomic E-state index is -0.282. The van der Waals surface area contributed by atoms with Crippen LogP contribution in [0, 0.1) is 12.7 Å². The molecule has 5 nitrogen and oxygen atoms in total. The summed E-state index contributed by atoms with van der Waals surface area (Å²) >= 11 is 1.33. The van der Waals surface area contributed by atoms with Gasteiger partial charge in [0.15, 0.2) is 4.96 Å². The number of nitrogens with one attached hydrogen (secondary N) is 1. The lowest BCUT2D eigenvalue weighted by Gasteiger charge is -2.09. The number of rotatable bonds is 5. The van der Waals surface area contributed by atoms with Gasteiger partial charge in [-0.05, 0) is 37.3 Å². The number of carbonyl (C=O) groups is 1. The third kappa shape index (κ3) is 3.36. The first-order valence-corrected chi connectivity index (χ1v) is 9.53. The van der Waals surface area contributed by atoms with Crippen LogP contribution in [0.5, 0.6) is 5.75 Å². The Labute approximate surface area is 165 Å². The van der Waals surface area contributed by atoms with Crippen molar-refractivity contribution in [2.45, 2.75) is 13.5 Å². The largest absolute Gasteiger partial charge is 0.496 e. The lowest BCUT2D eigenvalue weighted by Crippen LogP contribution is -2.23. The molecule has 4 aromatic rings. The first kappa shape index (κ1) is 18.2. The molecule has 1 amide bonds. The summed E-state index contributed by atoms with van der Waals surface area (Å²) in [6.07, 6.45) is 1.87. The molecule has 0 bridgehead atoms. The Morgan fingerprint density at radius 3 is 2.68 bits per heavy atom. The van der Waals surface area contributed by atoms with Crippen molar-refractivity contribution in [2.75, 3.05) is 7.11 Å². The van der Waals surface area contributed by atoms with E-state index in [1.807, 2.05) is 41.8 Å². The molecule has 2 heterocycles. The van der Waals surface area contributed by atoms with E-state index in [0.29, 0.717) is 11.4 Å². The number of carbonyl (C=O) groups excluding carboxylic acids is 1. The van der Waals surface area contributed by atoms with E-state index in [0.717, 1.165) is 33.2 Å². The third-order valence-corrected chi connectivity index (χ3v) is 5.69. The lowest BCUT2D eigenvalue weighted by atomic mass is 10.2. The number of aromatic nitrogens is 2. The molecule has 28 heavy (non-hydrogen) atoms. The monoisotopic (exact) mass is 395 g/mol. The van der Waals surface area contributed by atoms with Crippen molar-refractivity contribution in [1.82, 2.24) is 14.7 Å². The fraction of sp³-hybridized carbons (Fsp3) is 0.143. The molecular weight excluding hydrogens is 377 g/mol. The van der Waals surface area contributed by atoms with Crippen molar-refractivity contribution in [3.8, 4) is 17.0 Å². The maximum absolute atomic E-state index is 13.1. The second kappa shape index (κ2) is 7.44. The summed E-state index contributed by atoms with van der Waals surface area (Å²) < 4.78 is 20.3. The number of nitrogens with zero attached hydrogens (tertiary/aromatic N) is 2. The minimum Gasteiger partial charge on any atom is -0.496 e. The molecule has 2 aromatic heterocycles. The molecule has 0 atom stereocenters. The molecule has 7 heteroatoms. The molecule has 0 saturated heterocycles. The van der Waals surface area contributed by atoms with Crippen LogP contribution in [0.1, 0.15) is 20.9 Å². The van der Waals surface area contributed by atoms with Gasteiger partial charge >= 0.3 is 0 Å². The van der Waals surface area contributed by atoms with Crippen LogP contribution in [0.4, 0.5) is 4.39 Å². The van der Waals surface area contributed by atoms with Crippen molar-refractivity contribution >= 4 is 22.2 Å². The molecule has 0 unspecified atom stereocenters. The van der Waals surface area contributed by atoms with Gasteiger partial charge in [-0.3, -0.25) is 9.20 Å². The van der Waals surface area contributed by atoms with E-state index in [9.17, 15) is 9.18 Å². The Kier molecular flexibility index (Phi) is 4.83. The predicted octanol–water partition coefficient (Wildman–Crippen LogP) is 4.45. The van der Waals surface area contributed by atoms with Gasteiger partial charge in [0.1, 0.15) is 16.4 Å². The molecule has 0 aliphatic rings. The molecule has 2 aromatic carbocycles. The van der Waals surface area contributed by atoms with Crippen molar-refractivity contribution in [3.05, 3.63) is 76.7 Å². The highest BCUT2D eigenvalue weighted by atomic mass is 32.1. The SMILES string of the molecule is COc1ccccc1CNC(=O)c1sc2nc(-c3ccc(F)cc3)cn2c1C. The highest BCUT2D eigenvalue weighted by molar-refractivity contribution is 7.19. The second-order valence-electron chi connectivity index (χ2n) is 6.30. The number of benzene rings is 2. The van der Waals surface area contributed by atoms with Crippen LogP contribution >= 0.6 is 11.3 Å². The molecule has 0 aliphatic carbocycles. The molecule has 0 saturated carbocycles. The van der Waals surface area contributed by atoms with Crippen molar-refractivity contribution in [1.29, 1.82) is 0 Å². The zero-order chi connectivity index (χ0) is 19.7. The highest BCUT2D eigenvalue weighted by Gasteiger charge is 2.18. The Balaban J connectivity index is 1.55. The second-order valence-corrected chi connectivity index (χ2v) is 7.27. The van der Waals surface area contributed by atoms with Crippen LogP contribution in [0.3, 0.4) is 0 Å². The number of halogens is 1. The van der Waals surface area contributed by atoms with Gasteiger partial charge < -0.3 is 10.1 Å².